The third-order valence-electron chi connectivity index (χ3n) is 3.20. The number of fused-ring (bicyclic) bond motifs is 1. The summed E-state index contributed by atoms with van der Waals surface area (Å²) in [5.74, 6) is 0.228. The highest BCUT2D eigenvalue weighted by Gasteiger charge is 2.20. The Morgan fingerprint density at radius 1 is 1.35 bits per heavy atom. The van der Waals surface area contributed by atoms with Crippen LogP contribution in [0.25, 0.3) is 4.96 Å². The van der Waals surface area contributed by atoms with Gasteiger partial charge in [-0.25, -0.2) is 0 Å². The van der Waals surface area contributed by atoms with Gasteiger partial charge in [0.05, 0.1) is 6.07 Å². The van der Waals surface area contributed by atoms with Crippen LogP contribution in [0.15, 0.2) is 10.9 Å². The zero-order chi connectivity index (χ0) is 11.8. The maximum absolute atomic E-state index is 11.6. The van der Waals surface area contributed by atoms with Crippen molar-refractivity contribution in [1.82, 2.24) is 14.6 Å². The van der Waals surface area contributed by atoms with Crippen molar-refractivity contribution >= 4 is 16.3 Å². The number of hydrogen-bond donors (Lipinski definition) is 1. The predicted octanol–water partition coefficient (Wildman–Crippen LogP) is 1.90. The topological polar surface area (TPSA) is 67.5 Å². The molecule has 1 N–H and O–H groups in total. The molecule has 1 fully saturated rings. The number of hydrogen-bond acceptors (Lipinski definition) is 5. The van der Waals surface area contributed by atoms with Crippen LogP contribution < -0.4 is 5.56 Å². The van der Waals surface area contributed by atoms with Gasteiger partial charge in [-0.3, -0.25) is 4.79 Å². The van der Waals surface area contributed by atoms with Crippen LogP contribution in [0.5, 0.6) is 5.88 Å². The van der Waals surface area contributed by atoms with Crippen molar-refractivity contribution in [1.29, 1.82) is 0 Å². The molecule has 0 radical (unpaired) electrons. The van der Waals surface area contributed by atoms with Gasteiger partial charge < -0.3 is 5.11 Å². The van der Waals surface area contributed by atoms with Crippen LogP contribution in [0.2, 0.25) is 0 Å². The third kappa shape index (κ3) is 1.93. The minimum Gasteiger partial charge on any atom is -0.493 e. The molecular weight excluding hydrogens is 238 g/mol. The van der Waals surface area contributed by atoms with Gasteiger partial charge in [0.2, 0.25) is 10.8 Å². The average Bonchev–Trinajstić information content (AvgIpc) is 2.74. The monoisotopic (exact) mass is 251 g/mol. The van der Waals surface area contributed by atoms with Gasteiger partial charge in [0.15, 0.2) is 0 Å². The molecule has 1 aliphatic carbocycles. The van der Waals surface area contributed by atoms with E-state index in [9.17, 15) is 9.90 Å². The first-order valence-electron chi connectivity index (χ1n) is 5.84. The molecule has 1 saturated carbocycles. The van der Waals surface area contributed by atoms with E-state index in [-0.39, 0.29) is 11.4 Å². The summed E-state index contributed by atoms with van der Waals surface area (Å²) in [5.41, 5.74) is -0.314. The van der Waals surface area contributed by atoms with Gasteiger partial charge >= 0.3 is 0 Å². The minimum atomic E-state index is -0.314. The highest BCUT2D eigenvalue weighted by Crippen LogP contribution is 2.34. The van der Waals surface area contributed by atoms with Gasteiger partial charge in [0.1, 0.15) is 5.01 Å². The van der Waals surface area contributed by atoms with Crippen molar-refractivity contribution in [3.8, 4) is 5.88 Å². The summed E-state index contributed by atoms with van der Waals surface area (Å²) in [6.07, 6.45) is 6.03. The lowest BCUT2D eigenvalue weighted by Crippen LogP contribution is -2.14. The Kier molecular flexibility index (Phi) is 2.58. The van der Waals surface area contributed by atoms with Gasteiger partial charge in [-0.15, -0.1) is 0 Å². The summed E-state index contributed by atoms with van der Waals surface area (Å²) in [5, 5.41) is 14.6. The van der Waals surface area contributed by atoms with Crippen molar-refractivity contribution in [3.05, 3.63) is 21.4 Å². The Labute approximate surface area is 102 Å². The van der Waals surface area contributed by atoms with Gasteiger partial charge in [0, 0.05) is 5.92 Å². The molecule has 0 spiro atoms. The molecule has 0 bridgehead atoms. The van der Waals surface area contributed by atoms with Crippen LogP contribution in [0.1, 0.15) is 43.0 Å². The summed E-state index contributed by atoms with van der Waals surface area (Å²) in [6.45, 7) is 0. The molecule has 5 nitrogen and oxygen atoms in total. The van der Waals surface area contributed by atoms with Crippen LogP contribution in [0.4, 0.5) is 0 Å². The number of aromatic nitrogens is 3. The lowest BCUT2D eigenvalue weighted by atomic mass is 9.90. The molecule has 0 aromatic carbocycles. The third-order valence-corrected chi connectivity index (χ3v) is 4.27. The number of rotatable bonds is 1. The molecule has 17 heavy (non-hydrogen) atoms. The van der Waals surface area contributed by atoms with Crippen molar-refractivity contribution in [3.63, 3.8) is 0 Å². The summed E-state index contributed by atoms with van der Waals surface area (Å²) in [7, 11) is 0. The van der Waals surface area contributed by atoms with Crippen molar-refractivity contribution in [2.45, 2.75) is 38.0 Å². The minimum absolute atomic E-state index is 0.228. The van der Waals surface area contributed by atoms with E-state index in [4.69, 9.17) is 0 Å². The fourth-order valence-corrected chi connectivity index (χ4v) is 3.40. The van der Waals surface area contributed by atoms with E-state index in [1.165, 1.54) is 35.1 Å². The van der Waals surface area contributed by atoms with E-state index in [1.54, 1.807) is 0 Å². The first kappa shape index (κ1) is 10.7. The second-order valence-corrected chi connectivity index (χ2v) is 5.41. The van der Waals surface area contributed by atoms with E-state index in [1.807, 2.05) is 0 Å². The first-order chi connectivity index (χ1) is 8.24. The second kappa shape index (κ2) is 4.10. The molecule has 2 aromatic rings. The van der Waals surface area contributed by atoms with Gasteiger partial charge in [-0.2, -0.15) is 14.6 Å². The summed E-state index contributed by atoms with van der Waals surface area (Å²) in [4.78, 5) is 16.0. The van der Waals surface area contributed by atoms with Gasteiger partial charge in [-0.05, 0) is 12.8 Å². The number of nitrogens with zero attached hydrogens (tertiary/aromatic N) is 3. The average molecular weight is 251 g/mol. The van der Waals surface area contributed by atoms with Crippen molar-refractivity contribution in [2.75, 3.05) is 0 Å². The lowest BCUT2D eigenvalue weighted by molar-refractivity contribution is 0.438. The fraction of sp³-hybridized carbons (Fsp3) is 0.545. The Bertz CT molecular complexity index is 598. The molecule has 1 aliphatic rings. The number of aromatic hydroxyl groups is 1. The Hall–Kier alpha value is -1.43. The van der Waals surface area contributed by atoms with E-state index >= 15 is 0 Å². The molecule has 2 aromatic heterocycles. The fourth-order valence-electron chi connectivity index (χ4n) is 2.33. The molecule has 3 rings (SSSR count). The molecule has 2 heterocycles. The Balaban J connectivity index is 2.06. The van der Waals surface area contributed by atoms with Crippen LogP contribution in [-0.2, 0) is 0 Å². The summed E-state index contributed by atoms with van der Waals surface area (Å²) < 4.78 is 1.29. The summed E-state index contributed by atoms with van der Waals surface area (Å²) in [6, 6.07) is 1.09. The van der Waals surface area contributed by atoms with Crippen LogP contribution in [-0.4, -0.2) is 19.7 Å². The van der Waals surface area contributed by atoms with Crippen LogP contribution in [0, 0.1) is 0 Å². The van der Waals surface area contributed by atoms with E-state index < -0.39 is 0 Å². The second-order valence-electron chi connectivity index (χ2n) is 4.42. The first-order valence-corrected chi connectivity index (χ1v) is 6.65. The zero-order valence-electron chi connectivity index (χ0n) is 9.30. The Morgan fingerprint density at radius 2 is 2.12 bits per heavy atom. The van der Waals surface area contributed by atoms with Crippen molar-refractivity contribution in [2.24, 2.45) is 0 Å². The summed E-state index contributed by atoms with van der Waals surface area (Å²) >= 11 is 1.41. The molecule has 0 unspecified atom stereocenters. The molecule has 0 atom stereocenters. The molecule has 6 heteroatoms. The van der Waals surface area contributed by atoms with Gasteiger partial charge in [0.25, 0.3) is 5.56 Å². The van der Waals surface area contributed by atoms with E-state index in [0.29, 0.717) is 10.9 Å². The molecule has 0 saturated heterocycles. The maximum Gasteiger partial charge on any atom is 0.278 e. The highest BCUT2D eigenvalue weighted by molar-refractivity contribution is 7.16. The molecule has 0 aliphatic heterocycles. The molecular formula is C11H13N3O2S. The largest absolute Gasteiger partial charge is 0.493 e. The standard InChI is InChI=1S/C11H13N3O2S/c15-8-6-9(16)14-11(12-8)17-10(13-14)7-4-2-1-3-5-7/h6-7,15H,1-5H2. The zero-order valence-corrected chi connectivity index (χ0v) is 10.1. The van der Waals surface area contributed by atoms with E-state index in [0.717, 1.165) is 23.9 Å². The van der Waals surface area contributed by atoms with Crippen LogP contribution in [0.3, 0.4) is 0 Å². The van der Waals surface area contributed by atoms with Crippen molar-refractivity contribution < 1.29 is 5.11 Å². The van der Waals surface area contributed by atoms with Gasteiger partial charge in [-0.1, -0.05) is 30.6 Å². The SMILES string of the molecule is O=c1cc(O)nc2sc(C3CCCCC3)nn12. The molecule has 90 valence electrons. The maximum atomic E-state index is 11.6. The van der Waals surface area contributed by atoms with E-state index in [2.05, 4.69) is 10.1 Å². The normalized spacial score (nSPS) is 17.6. The highest BCUT2D eigenvalue weighted by atomic mass is 32.1. The predicted molar refractivity (Wildman–Crippen MR) is 64.6 cm³/mol. The smallest absolute Gasteiger partial charge is 0.278 e. The quantitative estimate of drug-likeness (QED) is 0.840. The lowest BCUT2D eigenvalue weighted by Gasteiger charge is -2.18. The molecule has 0 amide bonds. The Morgan fingerprint density at radius 3 is 2.88 bits per heavy atom. The van der Waals surface area contributed by atoms with Crippen LogP contribution >= 0.6 is 11.3 Å².